The molecule has 0 aliphatic rings. The number of amides is 11. The first-order valence-corrected chi connectivity index (χ1v) is 53.1. The summed E-state index contributed by atoms with van der Waals surface area (Å²) in [7, 11) is -13.8. The van der Waals surface area contributed by atoms with Crippen molar-refractivity contribution in [3.8, 4) is 0 Å². The van der Waals surface area contributed by atoms with Crippen LogP contribution in [0.3, 0.4) is 0 Å². The van der Waals surface area contributed by atoms with Crippen LogP contribution in [0.5, 0.6) is 0 Å². The number of primary amides is 3. The molecule has 0 saturated carbocycles. The number of carbonyl (C=O) groups excluding carboxylic acids is 12. The first-order valence-electron chi connectivity index (χ1n) is 43.0. The lowest BCUT2D eigenvalue weighted by Crippen LogP contribution is -2.28. The minimum atomic E-state index is -4.06. The lowest BCUT2D eigenvalue weighted by molar-refractivity contribution is -0.118. The number of sulfone groups is 2. The van der Waals surface area contributed by atoms with Gasteiger partial charge in [-0.05, 0) is 231 Å². The minimum Gasteiger partial charge on any atom is -0.370 e. The average molecular weight is 2060 g/mol. The molecule has 11 aromatic rings. The first-order chi connectivity index (χ1) is 66.3. The fourth-order valence-electron chi connectivity index (χ4n) is 12.2. The van der Waals surface area contributed by atoms with E-state index >= 15 is 0 Å². The van der Waals surface area contributed by atoms with E-state index in [1.165, 1.54) is 181 Å². The molecule has 11 aromatic carbocycles. The maximum atomic E-state index is 13.7. The third-order valence-corrected chi connectivity index (χ3v) is 30.4. The number of hydrogen-bond acceptors (Lipinski definition) is 25. The van der Waals surface area contributed by atoms with E-state index in [0.29, 0.717) is 88.0 Å². The summed E-state index contributed by atoms with van der Waals surface area (Å²) < 4.78 is 111. The van der Waals surface area contributed by atoms with Crippen LogP contribution in [0.15, 0.2) is 321 Å². The maximum absolute atomic E-state index is 13.7. The summed E-state index contributed by atoms with van der Waals surface area (Å²) in [4.78, 5) is 144. The van der Waals surface area contributed by atoms with Crippen LogP contribution in [0.25, 0.3) is 0 Å². The van der Waals surface area contributed by atoms with Gasteiger partial charge in [0.05, 0.1) is 57.2 Å². The average Bonchev–Trinajstić information content (AvgIpc) is 0.794. The van der Waals surface area contributed by atoms with Crippen LogP contribution < -0.4 is 69.2 Å². The highest BCUT2D eigenvalue weighted by Crippen LogP contribution is 2.42. The summed E-state index contributed by atoms with van der Waals surface area (Å²) in [6.07, 6.45) is 8.15. The molecule has 0 aliphatic carbocycles. The summed E-state index contributed by atoms with van der Waals surface area (Å²) in [6.45, 7) is 8.13. The molecule has 0 bridgehead atoms. The van der Waals surface area contributed by atoms with E-state index in [1.54, 1.807) is 121 Å². The van der Waals surface area contributed by atoms with Gasteiger partial charge >= 0.3 is 0 Å². The Kier molecular flexibility index (Phi) is 43.9. The zero-order valence-electron chi connectivity index (χ0n) is 75.6. The van der Waals surface area contributed by atoms with E-state index in [4.69, 9.17) is 17.2 Å². The second-order valence-electron chi connectivity index (χ2n) is 30.0. The van der Waals surface area contributed by atoms with Crippen LogP contribution in [0.1, 0.15) is 150 Å². The van der Waals surface area contributed by atoms with E-state index in [-0.39, 0.29) is 120 Å². The van der Waals surface area contributed by atoms with E-state index in [2.05, 4.69) is 78.5 Å². The van der Waals surface area contributed by atoms with Crippen LogP contribution in [-0.2, 0) is 68.5 Å². The summed E-state index contributed by atoms with van der Waals surface area (Å²) in [6, 6.07) is 66.8. The molecule has 16 N–H and O–H groups in total. The van der Waals surface area contributed by atoms with Gasteiger partial charge in [-0.1, -0.05) is 140 Å². The Morgan fingerprint density at radius 1 is 0.288 bits per heavy atom. The molecule has 0 atom stereocenters. The zero-order valence-corrected chi connectivity index (χ0v) is 83.0. The second-order valence-corrected chi connectivity index (χ2v) is 42.1. The SMILES string of the molecule is CC(=O)Nc1ccc(S(=O)(=O)Nc2ccc(S(=O)(=O)c3ccc(NC(=O)c4ccccc4SSc4ccccc4C(=O)Nc4ccc(S(=O)(=O)c5ccc(NS(=O)(=O)c6ccc(NC(C)=O)cc6)cc5)cc4)cc3)cc2)cc1.CCCCCCC(=O)Sc1ccccc1C(=O)NCCC(N)=O.CCCCCNC(=O)Sc1ccccc1C(=O)NCCC(N)=O.NC(=O)CCNC(=O)c1ccccc1S. The summed E-state index contributed by atoms with van der Waals surface area (Å²) >= 11 is 6.25. The fourth-order valence-corrected chi connectivity index (χ4v) is 21.2. The molecular weight excluding hydrogens is 1960 g/mol. The van der Waals surface area contributed by atoms with E-state index in [9.17, 15) is 91.2 Å². The molecule has 0 spiro atoms. The van der Waals surface area contributed by atoms with Crippen LogP contribution in [0.2, 0.25) is 0 Å². The molecule has 42 heteroatoms. The highest BCUT2D eigenvalue weighted by molar-refractivity contribution is 8.76. The van der Waals surface area contributed by atoms with Crippen molar-refractivity contribution in [3.05, 3.63) is 295 Å². The van der Waals surface area contributed by atoms with Gasteiger partial charge in [-0.3, -0.25) is 67.0 Å². The van der Waals surface area contributed by atoms with Crippen molar-refractivity contribution in [3.63, 3.8) is 0 Å². The van der Waals surface area contributed by atoms with Gasteiger partial charge in [-0.2, -0.15) is 0 Å². The molecule has 11 rings (SSSR count). The van der Waals surface area contributed by atoms with Gasteiger partial charge in [-0.25, -0.2) is 33.7 Å². The van der Waals surface area contributed by atoms with Crippen molar-refractivity contribution in [2.45, 2.75) is 152 Å². The number of thioether (sulfide) groups is 2. The monoisotopic (exact) mass is 2060 g/mol. The molecule has 0 aliphatic heterocycles. The van der Waals surface area contributed by atoms with E-state index in [1.807, 2.05) is 0 Å². The number of unbranched alkanes of at least 4 members (excludes halogenated alkanes) is 5. The van der Waals surface area contributed by atoms with Gasteiger partial charge in [0, 0.05) is 124 Å². The largest absolute Gasteiger partial charge is 0.370 e. The van der Waals surface area contributed by atoms with Gasteiger partial charge in [0.25, 0.3) is 54.8 Å². The number of nitrogens with two attached hydrogens (primary N) is 3. The predicted molar refractivity (Wildman–Crippen MR) is 544 cm³/mol. The number of carbonyl (C=O) groups is 12. The number of anilines is 6. The number of sulfonamides is 2. The Morgan fingerprint density at radius 2 is 0.576 bits per heavy atom. The van der Waals surface area contributed by atoms with Crippen LogP contribution >= 0.6 is 57.7 Å². The smallest absolute Gasteiger partial charge is 0.283 e. The molecular formula is C97H103N13O20S9. The Bertz CT molecular complexity index is 6310. The summed E-state index contributed by atoms with van der Waals surface area (Å²) in [5, 5.41) is 21.3. The third kappa shape index (κ3) is 36.4. The molecule has 139 heavy (non-hydrogen) atoms. The van der Waals surface area contributed by atoms with Crippen molar-refractivity contribution in [1.29, 1.82) is 0 Å². The van der Waals surface area contributed by atoms with Crippen molar-refractivity contribution in [1.82, 2.24) is 21.3 Å². The number of thiol groups is 1. The number of nitrogens with one attached hydrogen (secondary N) is 10. The van der Waals surface area contributed by atoms with Gasteiger partial charge in [0.1, 0.15) is 0 Å². The lowest BCUT2D eigenvalue weighted by atomic mass is 10.2. The molecule has 11 amide bonds. The molecule has 0 unspecified atom stereocenters. The fraction of sp³-hybridized carbons (Fsp3) is 0.196. The highest BCUT2D eigenvalue weighted by atomic mass is 33.1. The Morgan fingerprint density at radius 3 is 0.914 bits per heavy atom. The van der Waals surface area contributed by atoms with Crippen molar-refractivity contribution < 1.29 is 91.2 Å². The van der Waals surface area contributed by atoms with Crippen molar-refractivity contribution in [2.75, 3.05) is 56.9 Å². The number of benzene rings is 11. The third-order valence-electron chi connectivity index (χ3n) is 19.2. The topological polar surface area (TPSA) is 540 Å². The quantitative estimate of drug-likeness (QED) is 0.00731. The molecule has 33 nitrogen and oxygen atoms in total. The zero-order chi connectivity index (χ0) is 101. The van der Waals surface area contributed by atoms with Crippen LogP contribution in [0, 0.1) is 0 Å². The maximum Gasteiger partial charge on any atom is 0.283 e. The van der Waals surface area contributed by atoms with Gasteiger partial charge in [-0.15, -0.1) is 12.6 Å². The Balaban J connectivity index is 0.000000310. The Hall–Kier alpha value is -13.6. The lowest BCUT2D eigenvalue weighted by Gasteiger charge is -2.13. The second kappa shape index (κ2) is 55.1. The summed E-state index contributed by atoms with van der Waals surface area (Å²) in [5.74, 6) is -3.84. The standard InChI is InChI=1S/C54H44N6O12S6.C17H24N2O3S.C16H23N3O3S.C10H12N2O2S/c1-35(61)55-37-15-31-47(32-16-37)77(69,70)59-41-19-27-45(28-20-41)75(65,66)43-23-11-39(12-24-43)57-53(63)49-7-3-5-9-51(49)73-74-52-10-6-4-8-50(52)54(64)58-40-13-25-44(26-14-40)76(67,68)46-29-21-42(22-30-46)60-78(71,72)48-33-17-38(18-34-48)56-36(2)62;1-2-3-4-5-10-16(21)23-14-9-7-6-8-13(14)17(22)19-12-11-15(18)20;1-2-3-6-10-19-16(22)23-13-8-5-4-7-12(13)15(21)18-11-9-14(17)20;11-9(13)5-6-12-10(14)7-3-1-2-4-8(7)15/h3-34,59-60H,1-2H3,(H,55,61)(H,56,62)(H,57,63)(H,58,64);6-9H,2-5,10-12H2,1H3,(H2,18,20)(H,19,22);4-5,7-8H,2-3,6,9-11H2,1H3,(H2,17,20)(H,18,21)(H,19,22);1-4,15H,5-6H2,(H2,11,13)(H,12,14). The first kappa shape index (κ1) is 111. The van der Waals surface area contributed by atoms with Crippen LogP contribution in [0.4, 0.5) is 38.9 Å². The molecule has 0 radical (unpaired) electrons. The van der Waals surface area contributed by atoms with Gasteiger partial charge in [0.15, 0.2) is 5.12 Å². The molecule has 730 valence electrons. The molecule has 0 heterocycles. The number of rotatable bonds is 42. The van der Waals surface area contributed by atoms with E-state index in [0.717, 1.165) is 68.5 Å². The van der Waals surface area contributed by atoms with Crippen molar-refractivity contribution in [2.24, 2.45) is 17.2 Å². The highest BCUT2D eigenvalue weighted by Gasteiger charge is 2.26. The number of hydrogen-bond donors (Lipinski definition) is 14. The predicted octanol–water partition coefficient (Wildman–Crippen LogP) is 15.9. The van der Waals surface area contributed by atoms with Crippen molar-refractivity contribution >= 4 is 201 Å². The molecule has 0 fully saturated rings. The van der Waals surface area contributed by atoms with Crippen LogP contribution in [-0.4, -0.2) is 129 Å². The molecule has 0 aromatic heterocycles. The molecule has 0 saturated heterocycles. The minimum absolute atomic E-state index is 0.0680. The Labute approximate surface area is 828 Å². The summed E-state index contributed by atoms with van der Waals surface area (Å²) in [5.41, 5.74) is 18.6. The van der Waals surface area contributed by atoms with Gasteiger partial charge in [0.2, 0.25) is 49.2 Å². The van der Waals surface area contributed by atoms with E-state index < -0.39 is 69.3 Å². The normalized spacial score (nSPS) is 11.0. The van der Waals surface area contributed by atoms with Gasteiger partial charge < -0.3 is 59.7 Å².